The van der Waals surface area contributed by atoms with Crippen LogP contribution in [-0.2, 0) is 11.3 Å². The van der Waals surface area contributed by atoms with Crippen molar-refractivity contribution >= 4 is 0 Å². The Balaban J connectivity index is 1.65. The molecule has 0 amide bonds. The summed E-state index contributed by atoms with van der Waals surface area (Å²) in [7, 11) is 1.79. The van der Waals surface area contributed by atoms with Crippen LogP contribution in [0.25, 0.3) is 5.69 Å². The second kappa shape index (κ2) is 7.05. The Morgan fingerprint density at radius 2 is 2.14 bits per heavy atom. The van der Waals surface area contributed by atoms with Gasteiger partial charge in [-0.05, 0) is 30.5 Å². The molecule has 1 aliphatic rings. The summed E-state index contributed by atoms with van der Waals surface area (Å²) in [5, 5.41) is 0. The zero-order valence-corrected chi connectivity index (χ0v) is 13.1. The van der Waals surface area contributed by atoms with E-state index in [1.807, 2.05) is 17.1 Å². The predicted molar refractivity (Wildman–Crippen MR) is 86.8 cm³/mol. The van der Waals surface area contributed by atoms with E-state index in [1.54, 1.807) is 13.3 Å². The van der Waals surface area contributed by atoms with Crippen molar-refractivity contribution in [2.75, 3.05) is 20.2 Å². The highest BCUT2D eigenvalue weighted by atomic mass is 16.5. The monoisotopic (exact) mass is 300 g/mol. The van der Waals surface area contributed by atoms with Crippen LogP contribution in [0.1, 0.15) is 18.4 Å². The molecule has 2 unspecified atom stereocenters. The van der Waals surface area contributed by atoms with Gasteiger partial charge in [-0.1, -0.05) is 12.1 Å². The van der Waals surface area contributed by atoms with Gasteiger partial charge in [0.15, 0.2) is 0 Å². The molecule has 2 aromatic rings. The molecular formula is C17H24N4O. The Labute approximate surface area is 131 Å². The highest BCUT2D eigenvalue weighted by Gasteiger charge is 2.27. The molecule has 0 aliphatic carbocycles. The van der Waals surface area contributed by atoms with Gasteiger partial charge in [0.1, 0.15) is 0 Å². The number of benzene rings is 1. The number of piperidine rings is 1. The SMILES string of the molecule is COC1CCN(Cc2ccc(-n3ccnc3)cc2)C(CN)C1. The third kappa shape index (κ3) is 3.38. The van der Waals surface area contributed by atoms with E-state index in [0.717, 1.165) is 31.6 Å². The molecule has 1 saturated heterocycles. The number of ether oxygens (including phenoxy) is 1. The average molecular weight is 300 g/mol. The third-order valence-electron chi connectivity index (χ3n) is 4.52. The summed E-state index contributed by atoms with van der Waals surface area (Å²) < 4.78 is 7.50. The van der Waals surface area contributed by atoms with E-state index in [-0.39, 0.29) is 0 Å². The third-order valence-corrected chi connectivity index (χ3v) is 4.52. The van der Waals surface area contributed by atoms with Crippen LogP contribution >= 0.6 is 0 Å². The van der Waals surface area contributed by atoms with Crippen LogP contribution in [0.4, 0.5) is 0 Å². The topological polar surface area (TPSA) is 56.3 Å². The van der Waals surface area contributed by atoms with E-state index < -0.39 is 0 Å². The van der Waals surface area contributed by atoms with Crippen LogP contribution < -0.4 is 5.73 Å². The lowest BCUT2D eigenvalue weighted by atomic mass is 9.98. The molecule has 1 aromatic carbocycles. The number of imidazole rings is 1. The van der Waals surface area contributed by atoms with Crippen molar-refractivity contribution in [3.8, 4) is 5.69 Å². The number of nitrogens with two attached hydrogens (primary N) is 1. The molecule has 3 rings (SSSR count). The van der Waals surface area contributed by atoms with Crippen molar-refractivity contribution in [3.63, 3.8) is 0 Å². The first-order chi connectivity index (χ1) is 10.8. The molecule has 2 atom stereocenters. The number of nitrogens with zero attached hydrogens (tertiary/aromatic N) is 3. The van der Waals surface area contributed by atoms with Crippen LogP contribution in [-0.4, -0.2) is 46.8 Å². The normalized spacial score (nSPS) is 22.8. The number of likely N-dealkylation sites (tertiary alicyclic amines) is 1. The molecule has 1 fully saturated rings. The number of hydrogen-bond donors (Lipinski definition) is 1. The van der Waals surface area contributed by atoms with Crippen LogP contribution in [0.15, 0.2) is 43.0 Å². The van der Waals surface area contributed by atoms with E-state index in [9.17, 15) is 0 Å². The van der Waals surface area contributed by atoms with Crippen molar-refractivity contribution < 1.29 is 4.74 Å². The lowest BCUT2D eigenvalue weighted by molar-refractivity contribution is 0.0102. The molecule has 118 valence electrons. The minimum absolute atomic E-state index is 0.355. The van der Waals surface area contributed by atoms with Crippen LogP contribution in [0.3, 0.4) is 0 Å². The summed E-state index contributed by atoms with van der Waals surface area (Å²) in [5.74, 6) is 0. The summed E-state index contributed by atoms with van der Waals surface area (Å²) >= 11 is 0. The zero-order valence-electron chi connectivity index (χ0n) is 13.1. The number of aromatic nitrogens is 2. The molecule has 5 nitrogen and oxygen atoms in total. The minimum atomic E-state index is 0.355. The van der Waals surface area contributed by atoms with Crippen molar-refractivity contribution in [2.24, 2.45) is 5.73 Å². The van der Waals surface area contributed by atoms with E-state index >= 15 is 0 Å². The Morgan fingerprint density at radius 3 is 2.77 bits per heavy atom. The Hall–Kier alpha value is -1.69. The first-order valence-corrected chi connectivity index (χ1v) is 7.84. The molecule has 0 spiro atoms. The molecule has 0 bridgehead atoms. The van der Waals surface area contributed by atoms with E-state index in [1.165, 1.54) is 5.56 Å². The molecule has 0 saturated carbocycles. The highest BCUT2D eigenvalue weighted by Crippen LogP contribution is 2.21. The maximum atomic E-state index is 5.95. The minimum Gasteiger partial charge on any atom is -0.381 e. The largest absolute Gasteiger partial charge is 0.381 e. The quantitative estimate of drug-likeness (QED) is 0.915. The second-order valence-corrected chi connectivity index (χ2v) is 5.88. The Bertz CT molecular complexity index is 567. The second-order valence-electron chi connectivity index (χ2n) is 5.88. The smallest absolute Gasteiger partial charge is 0.0991 e. The summed E-state index contributed by atoms with van der Waals surface area (Å²) in [6, 6.07) is 9.05. The standard InChI is InChI=1S/C17H24N4O/c1-22-17-6-8-20(16(10-17)11-18)12-14-2-4-15(5-3-14)21-9-7-19-13-21/h2-5,7,9,13,16-17H,6,8,10-12,18H2,1H3. The molecule has 0 radical (unpaired) electrons. The first-order valence-electron chi connectivity index (χ1n) is 7.84. The fourth-order valence-corrected chi connectivity index (χ4v) is 3.15. The Kier molecular flexibility index (Phi) is 4.87. The highest BCUT2D eigenvalue weighted by molar-refractivity contribution is 5.34. The molecule has 22 heavy (non-hydrogen) atoms. The van der Waals surface area contributed by atoms with Gasteiger partial charge >= 0.3 is 0 Å². The maximum Gasteiger partial charge on any atom is 0.0991 e. The van der Waals surface area contributed by atoms with Gasteiger partial charge in [-0.15, -0.1) is 0 Å². The van der Waals surface area contributed by atoms with Gasteiger partial charge in [-0.3, -0.25) is 4.90 Å². The number of hydrogen-bond acceptors (Lipinski definition) is 4. The van der Waals surface area contributed by atoms with Crippen LogP contribution in [0.5, 0.6) is 0 Å². The van der Waals surface area contributed by atoms with Gasteiger partial charge in [0.25, 0.3) is 0 Å². The predicted octanol–water partition coefficient (Wildman–Crippen LogP) is 1.81. The van der Waals surface area contributed by atoms with Gasteiger partial charge in [0.05, 0.1) is 12.4 Å². The first kappa shape index (κ1) is 15.2. The molecule has 2 N–H and O–H groups in total. The molecule has 1 aliphatic heterocycles. The van der Waals surface area contributed by atoms with E-state index in [4.69, 9.17) is 10.5 Å². The Morgan fingerprint density at radius 1 is 1.32 bits per heavy atom. The lowest BCUT2D eigenvalue weighted by Crippen LogP contribution is -2.47. The van der Waals surface area contributed by atoms with E-state index in [0.29, 0.717) is 18.7 Å². The summed E-state index contributed by atoms with van der Waals surface area (Å²) in [6.07, 6.45) is 8.03. The summed E-state index contributed by atoms with van der Waals surface area (Å²) in [6.45, 7) is 2.68. The van der Waals surface area contributed by atoms with Crippen molar-refractivity contribution in [2.45, 2.75) is 31.5 Å². The summed E-state index contributed by atoms with van der Waals surface area (Å²) in [4.78, 5) is 6.55. The van der Waals surface area contributed by atoms with Crippen LogP contribution in [0, 0.1) is 0 Å². The fraction of sp³-hybridized carbons (Fsp3) is 0.471. The zero-order chi connectivity index (χ0) is 15.4. The number of rotatable bonds is 5. The summed E-state index contributed by atoms with van der Waals surface area (Å²) in [5.41, 5.74) is 8.40. The van der Waals surface area contributed by atoms with Crippen LogP contribution in [0.2, 0.25) is 0 Å². The lowest BCUT2D eigenvalue weighted by Gasteiger charge is -2.38. The van der Waals surface area contributed by atoms with Gasteiger partial charge in [0.2, 0.25) is 0 Å². The van der Waals surface area contributed by atoms with Gasteiger partial charge in [-0.25, -0.2) is 4.98 Å². The van der Waals surface area contributed by atoms with Crippen molar-refractivity contribution in [1.29, 1.82) is 0 Å². The maximum absolute atomic E-state index is 5.95. The molecule has 2 heterocycles. The van der Waals surface area contributed by atoms with Crippen molar-refractivity contribution in [3.05, 3.63) is 48.5 Å². The van der Waals surface area contributed by atoms with Crippen molar-refractivity contribution in [1.82, 2.24) is 14.5 Å². The van der Waals surface area contributed by atoms with Gasteiger partial charge < -0.3 is 15.0 Å². The molecular weight excluding hydrogens is 276 g/mol. The molecule has 5 heteroatoms. The molecule has 1 aromatic heterocycles. The van der Waals surface area contributed by atoms with Gasteiger partial charge in [-0.2, -0.15) is 0 Å². The van der Waals surface area contributed by atoms with Gasteiger partial charge in [0, 0.05) is 50.9 Å². The fourth-order valence-electron chi connectivity index (χ4n) is 3.15. The number of methoxy groups -OCH3 is 1. The van der Waals surface area contributed by atoms with E-state index in [2.05, 4.69) is 34.1 Å². The average Bonchev–Trinajstić information content (AvgIpc) is 3.10.